The van der Waals surface area contributed by atoms with Gasteiger partial charge in [0, 0.05) is 23.7 Å². The molecule has 176 valence electrons. The molecule has 1 aliphatic carbocycles. The molecule has 34 heavy (non-hydrogen) atoms. The first-order valence-electron chi connectivity index (χ1n) is 12.8. The van der Waals surface area contributed by atoms with Gasteiger partial charge in [0.15, 0.2) is 0 Å². The van der Waals surface area contributed by atoms with Crippen molar-refractivity contribution in [2.24, 2.45) is 4.99 Å². The molecule has 3 heterocycles. The SMILES string of the molecule is CC1CCCCCCCCc2cc1c(/C=C1\N=C(c3ccc[nH]3)C=C1OCc1ccccc1)[nH]2. The number of aryl methyl sites for hydroxylation is 1. The zero-order valence-corrected chi connectivity index (χ0v) is 20.1. The van der Waals surface area contributed by atoms with Crippen molar-refractivity contribution in [1.82, 2.24) is 9.97 Å². The van der Waals surface area contributed by atoms with Crippen molar-refractivity contribution in [3.8, 4) is 0 Å². The highest BCUT2D eigenvalue weighted by Crippen LogP contribution is 2.32. The lowest BCUT2D eigenvalue weighted by Crippen LogP contribution is -1.97. The van der Waals surface area contributed by atoms with Crippen LogP contribution >= 0.6 is 0 Å². The predicted molar refractivity (Wildman–Crippen MR) is 140 cm³/mol. The summed E-state index contributed by atoms with van der Waals surface area (Å²) in [4.78, 5) is 12.0. The first-order chi connectivity index (χ1) is 16.8. The standard InChI is InChI=1S/C30H35N3O/c1-22-12-7-4-2-3-5-10-15-24-18-25(22)27(32-24)19-29-30(34-21-23-13-8-6-9-14-23)20-28(33-29)26-16-11-17-31-26/h6,8-9,11,13-14,16-20,22,31-32H,2-5,7,10,12,15,21H2,1H3/b29-19-. The van der Waals surface area contributed by atoms with Gasteiger partial charge in [0.2, 0.25) is 0 Å². The Morgan fingerprint density at radius 2 is 1.82 bits per heavy atom. The summed E-state index contributed by atoms with van der Waals surface area (Å²) >= 11 is 0. The maximum atomic E-state index is 6.30. The van der Waals surface area contributed by atoms with Crippen LogP contribution in [-0.4, -0.2) is 15.7 Å². The molecule has 0 saturated carbocycles. The van der Waals surface area contributed by atoms with Crippen LogP contribution in [0, 0.1) is 0 Å². The summed E-state index contributed by atoms with van der Waals surface area (Å²) in [5.41, 5.74) is 7.88. The summed E-state index contributed by atoms with van der Waals surface area (Å²) in [5, 5.41) is 0. The zero-order chi connectivity index (χ0) is 23.2. The molecule has 0 amide bonds. The molecular formula is C30H35N3O. The van der Waals surface area contributed by atoms with Crippen molar-refractivity contribution >= 4 is 11.8 Å². The number of nitrogens with one attached hydrogen (secondary N) is 2. The zero-order valence-electron chi connectivity index (χ0n) is 20.1. The van der Waals surface area contributed by atoms with E-state index in [2.05, 4.69) is 53.3 Å². The van der Waals surface area contributed by atoms with Gasteiger partial charge in [0.05, 0.1) is 11.4 Å². The predicted octanol–water partition coefficient (Wildman–Crippen LogP) is 7.68. The molecule has 5 rings (SSSR count). The average Bonchev–Trinajstić information content (AvgIpc) is 3.60. The summed E-state index contributed by atoms with van der Waals surface area (Å²) in [6.45, 7) is 2.89. The minimum absolute atomic E-state index is 0.525. The number of aromatic nitrogens is 2. The van der Waals surface area contributed by atoms with Gasteiger partial charge < -0.3 is 14.7 Å². The van der Waals surface area contributed by atoms with E-state index in [0.717, 1.165) is 34.8 Å². The summed E-state index contributed by atoms with van der Waals surface area (Å²) in [5.74, 6) is 1.35. The maximum Gasteiger partial charge on any atom is 0.147 e. The van der Waals surface area contributed by atoms with Crippen molar-refractivity contribution in [2.45, 2.75) is 70.8 Å². The van der Waals surface area contributed by atoms with Gasteiger partial charge in [0.1, 0.15) is 18.1 Å². The van der Waals surface area contributed by atoms with E-state index in [9.17, 15) is 0 Å². The van der Waals surface area contributed by atoms with Crippen molar-refractivity contribution in [3.05, 3.63) is 100 Å². The Kier molecular flexibility index (Phi) is 7.13. The van der Waals surface area contributed by atoms with E-state index in [1.807, 2.05) is 30.5 Å². The third kappa shape index (κ3) is 5.44. The molecule has 4 heteroatoms. The summed E-state index contributed by atoms with van der Waals surface area (Å²) in [6, 6.07) is 16.8. The van der Waals surface area contributed by atoms with Crippen molar-refractivity contribution in [2.75, 3.05) is 0 Å². The van der Waals surface area contributed by atoms with Crippen LogP contribution in [0.1, 0.15) is 86.0 Å². The fraction of sp³-hybridized carbons (Fsp3) is 0.367. The number of ether oxygens (including phenoxy) is 1. The number of fused-ring (bicyclic) bond motifs is 2. The third-order valence-electron chi connectivity index (χ3n) is 6.95. The van der Waals surface area contributed by atoms with Gasteiger partial charge in [0.25, 0.3) is 0 Å². The number of hydrogen-bond donors (Lipinski definition) is 2. The van der Waals surface area contributed by atoms with Crippen LogP contribution in [0.5, 0.6) is 0 Å². The monoisotopic (exact) mass is 453 g/mol. The Morgan fingerprint density at radius 1 is 1.00 bits per heavy atom. The highest BCUT2D eigenvalue weighted by Gasteiger charge is 2.21. The molecule has 0 fully saturated rings. The molecule has 0 saturated heterocycles. The first-order valence-corrected chi connectivity index (χ1v) is 12.8. The van der Waals surface area contributed by atoms with E-state index < -0.39 is 0 Å². The first kappa shape index (κ1) is 22.5. The van der Waals surface area contributed by atoms with Crippen LogP contribution in [0.15, 0.2) is 77.3 Å². The molecule has 4 nitrogen and oxygen atoms in total. The molecule has 1 atom stereocenters. The largest absolute Gasteiger partial charge is 0.487 e. The quantitative estimate of drug-likeness (QED) is 0.409. The molecule has 1 aliphatic heterocycles. The molecule has 2 aliphatic rings. The Balaban J connectivity index is 1.46. The smallest absolute Gasteiger partial charge is 0.147 e. The fourth-order valence-electron chi connectivity index (χ4n) is 4.97. The lowest BCUT2D eigenvalue weighted by Gasteiger charge is -2.12. The summed E-state index contributed by atoms with van der Waals surface area (Å²) < 4.78 is 6.30. The fourth-order valence-corrected chi connectivity index (χ4v) is 4.97. The van der Waals surface area contributed by atoms with E-state index in [-0.39, 0.29) is 0 Å². The van der Waals surface area contributed by atoms with E-state index in [0.29, 0.717) is 12.5 Å². The minimum atomic E-state index is 0.525. The number of aromatic amines is 2. The van der Waals surface area contributed by atoms with E-state index >= 15 is 0 Å². The minimum Gasteiger partial charge on any atom is -0.487 e. The average molecular weight is 454 g/mol. The summed E-state index contributed by atoms with van der Waals surface area (Å²) in [6.07, 6.45) is 16.5. The topological polar surface area (TPSA) is 53.2 Å². The highest BCUT2D eigenvalue weighted by atomic mass is 16.5. The Bertz CT molecular complexity index is 1170. The van der Waals surface area contributed by atoms with Gasteiger partial charge >= 0.3 is 0 Å². The maximum absolute atomic E-state index is 6.30. The molecule has 2 N–H and O–H groups in total. The number of aliphatic imine (C=N–C) groups is 1. The van der Waals surface area contributed by atoms with Gasteiger partial charge in [-0.25, -0.2) is 4.99 Å². The molecule has 2 bridgehead atoms. The molecule has 0 spiro atoms. The van der Waals surface area contributed by atoms with Crippen molar-refractivity contribution < 1.29 is 4.74 Å². The second-order valence-corrected chi connectivity index (χ2v) is 9.62. The number of nitrogens with zero attached hydrogens (tertiary/aromatic N) is 1. The van der Waals surface area contributed by atoms with Crippen molar-refractivity contribution in [1.29, 1.82) is 0 Å². The number of rotatable bonds is 5. The molecule has 3 aromatic rings. The lowest BCUT2D eigenvalue weighted by molar-refractivity contribution is 0.208. The normalized spacial score (nSPS) is 20.4. The van der Waals surface area contributed by atoms with Gasteiger partial charge in [-0.05, 0) is 60.6 Å². The van der Waals surface area contributed by atoms with Gasteiger partial charge in [-0.15, -0.1) is 0 Å². The number of benzene rings is 1. The van der Waals surface area contributed by atoms with Crippen LogP contribution in [0.4, 0.5) is 0 Å². The second kappa shape index (κ2) is 10.8. The van der Waals surface area contributed by atoms with Crippen LogP contribution in [0.2, 0.25) is 0 Å². The molecule has 1 aromatic carbocycles. The molecule has 2 aromatic heterocycles. The Labute approximate surface area is 202 Å². The van der Waals surface area contributed by atoms with Gasteiger partial charge in [-0.2, -0.15) is 0 Å². The van der Waals surface area contributed by atoms with Crippen LogP contribution in [0.3, 0.4) is 0 Å². The third-order valence-corrected chi connectivity index (χ3v) is 6.95. The highest BCUT2D eigenvalue weighted by molar-refractivity contribution is 6.11. The van der Waals surface area contributed by atoms with Crippen molar-refractivity contribution in [3.63, 3.8) is 0 Å². The van der Waals surface area contributed by atoms with Crippen LogP contribution in [-0.2, 0) is 17.8 Å². The van der Waals surface area contributed by atoms with E-state index in [4.69, 9.17) is 9.73 Å². The molecule has 1 unspecified atom stereocenters. The Morgan fingerprint density at radius 3 is 2.65 bits per heavy atom. The molecule has 0 radical (unpaired) electrons. The van der Waals surface area contributed by atoms with Gasteiger partial charge in [-0.3, -0.25) is 0 Å². The number of allylic oxidation sites excluding steroid dienone is 1. The van der Waals surface area contributed by atoms with E-state index in [1.165, 1.54) is 61.9 Å². The van der Waals surface area contributed by atoms with Gasteiger partial charge in [-0.1, -0.05) is 69.4 Å². The molecular weight excluding hydrogens is 418 g/mol. The Hall–Kier alpha value is -3.27. The lowest BCUT2D eigenvalue weighted by atomic mass is 9.93. The van der Waals surface area contributed by atoms with Crippen LogP contribution < -0.4 is 0 Å². The number of H-pyrrole nitrogens is 2. The summed E-state index contributed by atoms with van der Waals surface area (Å²) in [7, 11) is 0. The van der Waals surface area contributed by atoms with E-state index in [1.54, 1.807) is 0 Å². The van der Waals surface area contributed by atoms with Crippen LogP contribution in [0.25, 0.3) is 6.08 Å². The number of hydrogen-bond acceptors (Lipinski definition) is 2. The second-order valence-electron chi connectivity index (χ2n) is 9.62.